The van der Waals surface area contributed by atoms with Crippen LogP contribution >= 0.6 is 0 Å². The van der Waals surface area contributed by atoms with Crippen molar-refractivity contribution < 1.29 is 8.78 Å². The summed E-state index contributed by atoms with van der Waals surface area (Å²) in [5, 5.41) is 0. The van der Waals surface area contributed by atoms with E-state index in [4.69, 9.17) is 5.73 Å². The van der Waals surface area contributed by atoms with Gasteiger partial charge in [0.15, 0.2) is 0 Å². The fourth-order valence-corrected chi connectivity index (χ4v) is 3.09. The van der Waals surface area contributed by atoms with E-state index in [1.54, 1.807) is 0 Å². The highest BCUT2D eigenvalue weighted by molar-refractivity contribution is 4.98. The van der Waals surface area contributed by atoms with Crippen molar-refractivity contribution in [1.29, 1.82) is 0 Å². The van der Waals surface area contributed by atoms with Crippen molar-refractivity contribution in [3.63, 3.8) is 0 Å². The van der Waals surface area contributed by atoms with E-state index in [1.165, 1.54) is 25.7 Å². The molecule has 0 heterocycles. The maximum Gasteiger partial charge on any atom is 0.256 e. The number of hydrogen-bond donors (Lipinski definition) is 1. The molecule has 1 spiro atoms. The van der Waals surface area contributed by atoms with Crippen LogP contribution in [0.3, 0.4) is 0 Å². The van der Waals surface area contributed by atoms with Crippen LogP contribution in [-0.2, 0) is 0 Å². The summed E-state index contributed by atoms with van der Waals surface area (Å²) in [6.45, 7) is 0. The van der Waals surface area contributed by atoms with Crippen LogP contribution in [0.4, 0.5) is 8.78 Å². The van der Waals surface area contributed by atoms with Gasteiger partial charge >= 0.3 is 0 Å². The third-order valence-electron chi connectivity index (χ3n) is 4.34. The molecule has 2 N–H and O–H groups in total. The van der Waals surface area contributed by atoms with E-state index in [9.17, 15) is 8.78 Å². The zero-order valence-corrected chi connectivity index (χ0v) is 8.57. The van der Waals surface area contributed by atoms with Crippen LogP contribution < -0.4 is 5.73 Å². The molecule has 2 aliphatic carbocycles. The average molecular weight is 203 g/mol. The normalized spacial score (nSPS) is 30.0. The zero-order chi connectivity index (χ0) is 10.2. The Bertz CT molecular complexity index is 193. The Hall–Kier alpha value is -0.180. The first-order chi connectivity index (χ1) is 6.56. The summed E-state index contributed by atoms with van der Waals surface area (Å²) in [6.07, 6.45) is 5.59. The molecule has 1 nitrogen and oxygen atoms in total. The van der Waals surface area contributed by atoms with Crippen molar-refractivity contribution in [1.82, 2.24) is 0 Å². The summed E-state index contributed by atoms with van der Waals surface area (Å²) in [6, 6.07) is 0. The largest absolute Gasteiger partial charge is 0.320 e. The molecule has 2 saturated carbocycles. The van der Waals surface area contributed by atoms with Gasteiger partial charge in [0.25, 0.3) is 6.43 Å². The molecule has 2 aliphatic rings. The molecule has 0 aliphatic heterocycles. The van der Waals surface area contributed by atoms with E-state index in [-0.39, 0.29) is 0 Å². The van der Waals surface area contributed by atoms with Crippen molar-refractivity contribution in [2.24, 2.45) is 11.1 Å². The minimum Gasteiger partial charge on any atom is -0.320 e. The smallest absolute Gasteiger partial charge is 0.256 e. The molecule has 0 amide bonds. The highest BCUT2D eigenvalue weighted by Gasteiger charge is 2.46. The van der Waals surface area contributed by atoms with E-state index >= 15 is 0 Å². The number of rotatable bonds is 1. The van der Waals surface area contributed by atoms with Gasteiger partial charge in [0.2, 0.25) is 0 Å². The summed E-state index contributed by atoms with van der Waals surface area (Å²) < 4.78 is 25.3. The third-order valence-corrected chi connectivity index (χ3v) is 4.34. The molecule has 0 unspecified atom stereocenters. The average Bonchev–Trinajstić information content (AvgIpc) is 2.60. The van der Waals surface area contributed by atoms with Crippen LogP contribution in [0.15, 0.2) is 0 Å². The first kappa shape index (κ1) is 10.3. The molecule has 0 aromatic rings. The number of alkyl halides is 2. The standard InChI is InChI=1S/C11H19F2N/c12-9(13)11(14)7-5-10(6-8-11)3-1-2-4-10/h9H,1-8,14H2. The van der Waals surface area contributed by atoms with Gasteiger partial charge in [-0.15, -0.1) is 0 Å². The van der Waals surface area contributed by atoms with Crippen LogP contribution in [-0.4, -0.2) is 12.0 Å². The Morgan fingerprint density at radius 2 is 1.36 bits per heavy atom. The number of halogens is 2. The van der Waals surface area contributed by atoms with E-state index in [0.29, 0.717) is 18.3 Å². The van der Waals surface area contributed by atoms with Gasteiger partial charge in [-0.1, -0.05) is 12.8 Å². The molecule has 2 rings (SSSR count). The van der Waals surface area contributed by atoms with Crippen molar-refractivity contribution in [3.05, 3.63) is 0 Å². The number of hydrogen-bond acceptors (Lipinski definition) is 1. The molecule has 14 heavy (non-hydrogen) atoms. The van der Waals surface area contributed by atoms with Gasteiger partial charge in [-0.25, -0.2) is 8.78 Å². The van der Waals surface area contributed by atoms with Crippen LogP contribution in [0.1, 0.15) is 51.4 Å². The van der Waals surface area contributed by atoms with Crippen LogP contribution in [0.2, 0.25) is 0 Å². The summed E-state index contributed by atoms with van der Waals surface area (Å²) in [5.41, 5.74) is 4.93. The fourth-order valence-electron chi connectivity index (χ4n) is 3.09. The highest BCUT2D eigenvalue weighted by atomic mass is 19.3. The van der Waals surface area contributed by atoms with E-state index in [2.05, 4.69) is 0 Å². The fraction of sp³-hybridized carbons (Fsp3) is 1.00. The van der Waals surface area contributed by atoms with Crippen LogP contribution in [0, 0.1) is 5.41 Å². The van der Waals surface area contributed by atoms with E-state index in [1.807, 2.05) is 0 Å². The summed E-state index contributed by atoms with van der Waals surface area (Å²) in [5.74, 6) is 0. The molecule has 0 atom stereocenters. The molecule has 82 valence electrons. The van der Waals surface area contributed by atoms with Gasteiger partial charge in [-0.2, -0.15) is 0 Å². The van der Waals surface area contributed by atoms with E-state index in [0.717, 1.165) is 12.8 Å². The van der Waals surface area contributed by atoms with Gasteiger partial charge in [0.05, 0.1) is 5.54 Å². The Morgan fingerprint density at radius 3 is 1.79 bits per heavy atom. The number of nitrogens with two attached hydrogens (primary N) is 1. The minimum absolute atomic E-state index is 0.401. The first-order valence-electron chi connectivity index (χ1n) is 5.64. The second kappa shape index (κ2) is 3.44. The Kier molecular flexibility index (Phi) is 2.54. The third kappa shape index (κ3) is 1.67. The topological polar surface area (TPSA) is 26.0 Å². The minimum atomic E-state index is -2.35. The molecule has 0 radical (unpaired) electrons. The van der Waals surface area contributed by atoms with Gasteiger partial charge in [-0.05, 0) is 43.9 Å². The lowest BCUT2D eigenvalue weighted by Crippen LogP contribution is -2.51. The van der Waals surface area contributed by atoms with Crippen LogP contribution in [0.25, 0.3) is 0 Å². The van der Waals surface area contributed by atoms with Crippen molar-refractivity contribution in [3.8, 4) is 0 Å². The molecule has 3 heteroatoms. The summed E-state index contributed by atoms with van der Waals surface area (Å²) in [4.78, 5) is 0. The van der Waals surface area contributed by atoms with Gasteiger partial charge < -0.3 is 5.73 Å². The summed E-state index contributed by atoms with van der Waals surface area (Å²) in [7, 11) is 0. The van der Waals surface area contributed by atoms with E-state index < -0.39 is 12.0 Å². The molecule has 0 aromatic carbocycles. The second-order valence-electron chi connectivity index (χ2n) is 5.24. The molecule has 0 aromatic heterocycles. The Balaban J connectivity index is 1.97. The molecule has 2 fully saturated rings. The quantitative estimate of drug-likeness (QED) is 0.696. The lowest BCUT2D eigenvalue weighted by atomic mass is 9.67. The predicted octanol–water partition coefficient (Wildman–Crippen LogP) is 3.08. The van der Waals surface area contributed by atoms with Crippen molar-refractivity contribution >= 4 is 0 Å². The monoisotopic (exact) mass is 203 g/mol. The predicted molar refractivity (Wildman–Crippen MR) is 52.3 cm³/mol. The lowest BCUT2D eigenvalue weighted by Gasteiger charge is -2.42. The maximum atomic E-state index is 12.7. The van der Waals surface area contributed by atoms with Crippen molar-refractivity contribution in [2.45, 2.75) is 63.3 Å². The van der Waals surface area contributed by atoms with Gasteiger partial charge in [-0.3, -0.25) is 0 Å². The lowest BCUT2D eigenvalue weighted by molar-refractivity contribution is 0.00284. The molecular weight excluding hydrogens is 184 g/mol. The molecular formula is C11H19F2N. The van der Waals surface area contributed by atoms with Crippen molar-refractivity contribution in [2.75, 3.05) is 0 Å². The molecule has 0 saturated heterocycles. The SMILES string of the molecule is NC1(C(F)F)CCC2(CCCC2)CC1. The molecule has 0 bridgehead atoms. The van der Waals surface area contributed by atoms with Gasteiger partial charge in [0.1, 0.15) is 0 Å². The van der Waals surface area contributed by atoms with Crippen LogP contribution in [0.5, 0.6) is 0 Å². The maximum absolute atomic E-state index is 12.7. The Morgan fingerprint density at radius 1 is 0.857 bits per heavy atom. The zero-order valence-electron chi connectivity index (χ0n) is 8.57. The highest BCUT2D eigenvalue weighted by Crippen LogP contribution is 2.51. The summed E-state index contributed by atoms with van der Waals surface area (Å²) >= 11 is 0. The second-order valence-corrected chi connectivity index (χ2v) is 5.24. The Labute approximate surface area is 84.0 Å². The first-order valence-corrected chi connectivity index (χ1v) is 5.64. The van der Waals surface area contributed by atoms with Gasteiger partial charge in [0, 0.05) is 0 Å².